The third-order valence-electron chi connectivity index (χ3n) is 3.52. The normalized spacial score (nSPS) is 15.2. The van der Waals surface area contributed by atoms with E-state index in [4.69, 9.17) is 5.73 Å². The quantitative estimate of drug-likeness (QED) is 0.819. The largest absolute Gasteiger partial charge is 0.396 e. The van der Waals surface area contributed by atoms with E-state index in [9.17, 15) is 9.59 Å². The number of nitrogens with one attached hydrogen (secondary N) is 1. The molecule has 2 amide bonds. The molecule has 0 atom stereocenters. The van der Waals surface area contributed by atoms with E-state index < -0.39 is 0 Å². The van der Waals surface area contributed by atoms with Gasteiger partial charge in [-0.25, -0.2) is 0 Å². The molecular weight excluding hydrogens is 258 g/mol. The lowest BCUT2D eigenvalue weighted by atomic mass is 10.1. The number of nitrogens with two attached hydrogens (primary N) is 1. The summed E-state index contributed by atoms with van der Waals surface area (Å²) >= 11 is 0. The number of aromatic nitrogens is 2. The second-order valence-electron chi connectivity index (χ2n) is 5.02. The number of amides is 2. The third-order valence-corrected chi connectivity index (χ3v) is 3.52. The first-order valence-corrected chi connectivity index (χ1v) is 6.93. The Hall–Kier alpha value is -2.05. The monoisotopic (exact) mass is 279 g/mol. The van der Waals surface area contributed by atoms with E-state index in [-0.39, 0.29) is 11.8 Å². The van der Waals surface area contributed by atoms with Crippen molar-refractivity contribution < 1.29 is 9.59 Å². The summed E-state index contributed by atoms with van der Waals surface area (Å²) in [6.07, 6.45) is 5.10. The van der Waals surface area contributed by atoms with Gasteiger partial charge < -0.3 is 16.0 Å². The number of hydrogen-bond donors (Lipinski definition) is 2. The molecule has 1 aromatic rings. The predicted molar refractivity (Wildman–Crippen MR) is 75.0 cm³/mol. The number of hydrogen-bond acceptors (Lipinski definition) is 4. The van der Waals surface area contributed by atoms with Crippen LogP contribution in [0.15, 0.2) is 6.20 Å². The van der Waals surface area contributed by atoms with E-state index in [0.29, 0.717) is 24.3 Å². The minimum Gasteiger partial charge on any atom is -0.396 e. The highest BCUT2D eigenvalue weighted by Crippen LogP contribution is 2.10. The van der Waals surface area contributed by atoms with Crippen molar-refractivity contribution in [2.24, 2.45) is 7.05 Å². The average molecular weight is 279 g/mol. The number of carbonyl (C=O) groups is 2. The molecule has 0 radical (unpaired) electrons. The van der Waals surface area contributed by atoms with Gasteiger partial charge >= 0.3 is 0 Å². The summed E-state index contributed by atoms with van der Waals surface area (Å²) in [5.74, 6) is -0.197. The molecule has 110 valence electrons. The van der Waals surface area contributed by atoms with Crippen LogP contribution >= 0.6 is 0 Å². The van der Waals surface area contributed by atoms with Crippen molar-refractivity contribution >= 4 is 17.5 Å². The summed E-state index contributed by atoms with van der Waals surface area (Å²) in [5.41, 5.74) is 6.34. The first kappa shape index (κ1) is 14.4. The van der Waals surface area contributed by atoms with Gasteiger partial charge in [-0.2, -0.15) is 5.10 Å². The van der Waals surface area contributed by atoms with Gasteiger partial charge in [-0.05, 0) is 19.3 Å². The van der Waals surface area contributed by atoms with E-state index in [0.717, 1.165) is 25.9 Å². The zero-order valence-corrected chi connectivity index (χ0v) is 11.8. The lowest BCUT2D eigenvalue weighted by Gasteiger charge is -2.26. The molecule has 1 aromatic heterocycles. The fraction of sp³-hybridized carbons (Fsp3) is 0.615. The molecule has 1 aliphatic heterocycles. The van der Waals surface area contributed by atoms with Crippen LogP contribution in [0.3, 0.4) is 0 Å². The highest BCUT2D eigenvalue weighted by molar-refractivity contribution is 5.97. The van der Waals surface area contributed by atoms with E-state index in [2.05, 4.69) is 10.4 Å². The molecule has 0 aromatic carbocycles. The molecule has 0 saturated carbocycles. The Morgan fingerprint density at radius 1 is 1.35 bits per heavy atom. The third kappa shape index (κ3) is 3.28. The molecule has 7 nitrogen and oxygen atoms in total. The molecule has 7 heteroatoms. The summed E-state index contributed by atoms with van der Waals surface area (Å²) in [6.45, 7) is 1.99. The molecule has 0 aliphatic carbocycles. The maximum Gasteiger partial charge on any atom is 0.271 e. The first-order valence-electron chi connectivity index (χ1n) is 6.93. The van der Waals surface area contributed by atoms with E-state index in [1.165, 1.54) is 17.3 Å². The summed E-state index contributed by atoms with van der Waals surface area (Å²) < 4.78 is 1.43. The molecule has 1 saturated heterocycles. The van der Waals surface area contributed by atoms with Gasteiger partial charge in [-0.1, -0.05) is 0 Å². The highest BCUT2D eigenvalue weighted by Gasteiger charge is 2.18. The Morgan fingerprint density at radius 3 is 2.65 bits per heavy atom. The van der Waals surface area contributed by atoms with E-state index >= 15 is 0 Å². The molecule has 1 fully saturated rings. The van der Waals surface area contributed by atoms with Crippen molar-refractivity contribution in [3.8, 4) is 0 Å². The number of nitrogen functional groups attached to an aromatic ring is 1. The van der Waals surface area contributed by atoms with Crippen LogP contribution in [0, 0.1) is 0 Å². The van der Waals surface area contributed by atoms with Crippen LogP contribution in [-0.2, 0) is 11.8 Å². The number of piperidine rings is 1. The molecule has 3 N–H and O–H groups in total. The molecule has 20 heavy (non-hydrogen) atoms. The van der Waals surface area contributed by atoms with Gasteiger partial charge in [0, 0.05) is 33.1 Å². The van der Waals surface area contributed by atoms with Crippen molar-refractivity contribution in [2.75, 3.05) is 25.4 Å². The standard InChI is InChI=1S/C13H21N5O2/c1-17-12(10(14)9-16-17)13(20)15-6-5-11(19)18-7-3-2-4-8-18/h9H,2-8,14H2,1H3,(H,15,20). The summed E-state index contributed by atoms with van der Waals surface area (Å²) in [5, 5.41) is 6.62. The summed E-state index contributed by atoms with van der Waals surface area (Å²) in [7, 11) is 1.66. The lowest BCUT2D eigenvalue weighted by molar-refractivity contribution is -0.131. The van der Waals surface area contributed by atoms with Crippen LogP contribution in [0.5, 0.6) is 0 Å². The molecule has 0 spiro atoms. The molecule has 2 heterocycles. The smallest absolute Gasteiger partial charge is 0.271 e. The Kier molecular flexibility index (Phi) is 4.60. The number of anilines is 1. The molecular formula is C13H21N5O2. The Bertz CT molecular complexity index is 471. The zero-order chi connectivity index (χ0) is 14.5. The Labute approximate surface area is 118 Å². The van der Waals surface area contributed by atoms with Crippen molar-refractivity contribution in [3.63, 3.8) is 0 Å². The highest BCUT2D eigenvalue weighted by atomic mass is 16.2. The number of rotatable bonds is 4. The lowest BCUT2D eigenvalue weighted by Crippen LogP contribution is -2.38. The molecule has 1 aliphatic rings. The van der Waals surface area contributed by atoms with Gasteiger partial charge in [0.2, 0.25) is 5.91 Å². The fourth-order valence-electron chi connectivity index (χ4n) is 2.40. The number of aryl methyl sites for hydroxylation is 1. The minimum atomic E-state index is -0.297. The van der Waals surface area contributed by atoms with Gasteiger partial charge in [0.05, 0.1) is 11.9 Å². The zero-order valence-electron chi connectivity index (χ0n) is 11.8. The fourth-order valence-corrected chi connectivity index (χ4v) is 2.40. The summed E-state index contributed by atoms with van der Waals surface area (Å²) in [4.78, 5) is 25.7. The predicted octanol–water partition coefficient (Wildman–Crippen LogP) is 0.135. The Morgan fingerprint density at radius 2 is 2.05 bits per heavy atom. The van der Waals surface area contributed by atoms with Gasteiger partial charge in [-0.15, -0.1) is 0 Å². The van der Waals surface area contributed by atoms with Crippen LogP contribution in [0.4, 0.5) is 5.69 Å². The van der Waals surface area contributed by atoms with Crippen LogP contribution in [0.2, 0.25) is 0 Å². The average Bonchev–Trinajstić information content (AvgIpc) is 2.79. The number of carbonyl (C=O) groups excluding carboxylic acids is 2. The van der Waals surface area contributed by atoms with Crippen LogP contribution < -0.4 is 11.1 Å². The van der Waals surface area contributed by atoms with Crippen molar-refractivity contribution in [1.82, 2.24) is 20.0 Å². The molecule has 0 bridgehead atoms. The molecule has 0 unspecified atom stereocenters. The van der Waals surface area contributed by atoms with Gasteiger partial charge in [0.25, 0.3) is 5.91 Å². The maximum atomic E-state index is 11.9. The number of likely N-dealkylation sites (tertiary alicyclic amines) is 1. The molecule has 2 rings (SSSR count). The van der Waals surface area contributed by atoms with Gasteiger partial charge in [-0.3, -0.25) is 14.3 Å². The summed E-state index contributed by atoms with van der Waals surface area (Å²) in [6, 6.07) is 0. The van der Waals surface area contributed by atoms with Gasteiger partial charge in [0.15, 0.2) is 0 Å². The second-order valence-corrected chi connectivity index (χ2v) is 5.02. The van der Waals surface area contributed by atoms with E-state index in [1.807, 2.05) is 4.90 Å². The van der Waals surface area contributed by atoms with Crippen LogP contribution in [0.1, 0.15) is 36.2 Å². The van der Waals surface area contributed by atoms with Crippen LogP contribution in [0.25, 0.3) is 0 Å². The van der Waals surface area contributed by atoms with Crippen molar-refractivity contribution in [2.45, 2.75) is 25.7 Å². The first-order chi connectivity index (χ1) is 9.59. The SMILES string of the molecule is Cn1ncc(N)c1C(=O)NCCC(=O)N1CCCCC1. The maximum absolute atomic E-state index is 11.9. The Balaban J connectivity index is 1.78. The number of nitrogens with zero attached hydrogens (tertiary/aromatic N) is 3. The topological polar surface area (TPSA) is 93.2 Å². The van der Waals surface area contributed by atoms with Crippen molar-refractivity contribution in [3.05, 3.63) is 11.9 Å². The van der Waals surface area contributed by atoms with Gasteiger partial charge in [0.1, 0.15) is 5.69 Å². The van der Waals surface area contributed by atoms with Crippen LogP contribution in [-0.4, -0.2) is 46.1 Å². The minimum absolute atomic E-state index is 0.1000. The van der Waals surface area contributed by atoms with Crippen molar-refractivity contribution in [1.29, 1.82) is 0 Å². The van der Waals surface area contributed by atoms with E-state index in [1.54, 1.807) is 7.05 Å². The second kappa shape index (κ2) is 6.40.